The van der Waals surface area contributed by atoms with Crippen LogP contribution in [0.2, 0.25) is 0 Å². The van der Waals surface area contributed by atoms with Crippen molar-refractivity contribution in [3.05, 3.63) is 0 Å². The number of likely N-dealkylation sites (tertiary alicyclic amines) is 1. The van der Waals surface area contributed by atoms with Crippen molar-refractivity contribution in [1.82, 2.24) is 10.6 Å². The molecule has 3 heteroatoms. The number of piperidine rings is 1. The van der Waals surface area contributed by atoms with Crippen molar-refractivity contribution >= 4 is 5.91 Å². The Balaban J connectivity index is 1.88. The van der Waals surface area contributed by atoms with Crippen LogP contribution in [0.3, 0.4) is 0 Å². The highest BCUT2D eigenvalue weighted by Gasteiger charge is 2.29. The fourth-order valence-electron chi connectivity index (χ4n) is 3.16. The average molecular weight is 237 g/mol. The van der Waals surface area contributed by atoms with Crippen LogP contribution in [0.4, 0.5) is 0 Å². The summed E-state index contributed by atoms with van der Waals surface area (Å²) in [5, 5.41) is 0. The molecule has 2 rings (SSSR count). The van der Waals surface area contributed by atoms with Crippen molar-refractivity contribution in [3.8, 4) is 0 Å². The van der Waals surface area contributed by atoms with E-state index in [0.29, 0.717) is 5.92 Å². The van der Waals surface area contributed by atoms with Crippen LogP contribution < -0.4 is 5.73 Å². The van der Waals surface area contributed by atoms with Crippen LogP contribution in [0.25, 0.3) is 0 Å². The quantitative estimate of drug-likeness (QED) is 0.681. The summed E-state index contributed by atoms with van der Waals surface area (Å²) in [5.41, 5.74) is 8.21. The second-order valence-corrected chi connectivity index (χ2v) is 5.62. The summed E-state index contributed by atoms with van der Waals surface area (Å²) >= 11 is 0. The molecule has 0 spiro atoms. The number of rotatable bonds is 2. The second-order valence-electron chi connectivity index (χ2n) is 5.62. The highest BCUT2D eigenvalue weighted by Crippen LogP contribution is 2.26. The van der Waals surface area contributed by atoms with Gasteiger partial charge in [-0.3, -0.25) is 4.79 Å². The molecule has 2 fully saturated rings. The summed E-state index contributed by atoms with van der Waals surface area (Å²) in [6.45, 7) is 1.78. The summed E-state index contributed by atoms with van der Waals surface area (Å²) < 4.78 is 0. The molecule has 17 heavy (non-hydrogen) atoms. The van der Waals surface area contributed by atoms with Crippen LogP contribution in [-0.4, -0.2) is 29.9 Å². The molecule has 1 saturated carbocycles. The van der Waals surface area contributed by atoms with E-state index in [1.165, 1.54) is 32.1 Å². The maximum absolute atomic E-state index is 12.2. The smallest absolute Gasteiger partial charge is 0.241 e. The Morgan fingerprint density at radius 2 is 1.47 bits per heavy atom. The minimum atomic E-state index is -0.480. The lowest BCUT2D eigenvalue weighted by atomic mass is 9.91. The Hall–Kier alpha value is -0.570. The summed E-state index contributed by atoms with van der Waals surface area (Å²) in [4.78, 5) is 14.2. The zero-order valence-electron chi connectivity index (χ0n) is 10.8. The summed E-state index contributed by atoms with van der Waals surface area (Å²) in [6, 6.07) is -0.480. The van der Waals surface area contributed by atoms with Gasteiger partial charge in [0.2, 0.25) is 5.91 Å². The Morgan fingerprint density at radius 3 is 2.06 bits per heavy atom. The van der Waals surface area contributed by atoms with Gasteiger partial charge in [-0.25, -0.2) is 5.73 Å². The van der Waals surface area contributed by atoms with Gasteiger partial charge in [0.25, 0.3) is 0 Å². The first kappa shape index (κ1) is 12.9. The monoisotopic (exact) mass is 237 g/mol. The van der Waals surface area contributed by atoms with Gasteiger partial charge in [0, 0.05) is 13.1 Å². The molecule has 2 aliphatic rings. The van der Waals surface area contributed by atoms with Crippen molar-refractivity contribution in [1.29, 1.82) is 0 Å². The third-order valence-corrected chi connectivity index (χ3v) is 4.31. The summed E-state index contributed by atoms with van der Waals surface area (Å²) in [7, 11) is 0. The van der Waals surface area contributed by atoms with Crippen LogP contribution in [-0.2, 0) is 4.79 Å². The number of nitrogens with one attached hydrogen (secondary N) is 1. The molecule has 1 radical (unpaired) electrons. The van der Waals surface area contributed by atoms with Gasteiger partial charge in [0.05, 0.1) is 0 Å². The van der Waals surface area contributed by atoms with Gasteiger partial charge in [-0.15, -0.1) is 0 Å². The van der Waals surface area contributed by atoms with Gasteiger partial charge in [-0.1, -0.05) is 25.7 Å². The van der Waals surface area contributed by atoms with E-state index in [1.54, 1.807) is 0 Å². The number of carbonyl (C=O) groups excluding carboxylic acids is 1. The van der Waals surface area contributed by atoms with E-state index in [0.717, 1.165) is 38.8 Å². The Labute approximate surface area is 105 Å². The first-order valence-corrected chi connectivity index (χ1v) is 7.29. The molecule has 0 aromatic rings. The Bertz CT molecular complexity index is 241. The first-order valence-electron chi connectivity index (χ1n) is 7.29. The van der Waals surface area contributed by atoms with Crippen molar-refractivity contribution in [3.63, 3.8) is 0 Å². The second kappa shape index (κ2) is 6.39. The van der Waals surface area contributed by atoms with Crippen LogP contribution in [0.5, 0.6) is 0 Å². The number of hydrogen-bond acceptors (Lipinski definition) is 1. The molecule has 1 heterocycles. The van der Waals surface area contributed by atoms with E-state index < -0.39 is 6.04 Å². The predicted molar refractivity (Wildman–Crippen MR) is 68.5 cm³/mol. The lowest BCUT2D eigenvalue weighted by Crippen LogP contribution is -2.45. The molecule has 1 unspecified atom stereocenters. The van der Waals surface area contributed by atoms with Gasteiger partial charge in [-0.05, 0) is 38.0 Å². The lowest BCUT2D eigenvalue weighted by Gasteiger charge is -2.31. The molecule has 1 saturated heterocycles. The largest absolute Gasteiger partial charge is 0.341 e. The zero-order chi connectivity index (χ0) is 12.1. The molecule has 1 amide bonds. The van der Waals surface area contributed by atoms with Gasteiger partial charge < -0.3 is 4.90 Å². The van der Waals surface area contributed by atoms with Gasteiger partial charge in [-0.2, -0.15) is 0 Å². The Morgan fingerprint density at radius 1 is 0.941 bits per heavy atom. The highest BCUT2D eigenvalue weighted by atomic mass is 16.2. The molecule has 3 nitrogen and oxygen atoms in total. The van der Waals surface area contributed by atoms with Crippen LogP contribution in [0.15, 0.2) is 0 Å². The highest BCUT2D eigenvalue weighted by molar-refractivity contribution is 5.81. The zero-order valence-corrected chi connectivity index (χ0v) is 10.8. The molecular formula is C14H25N2O. The third kappa shape index (κ3) is 3.44. The molecule has 1 aliphatic heterocycles. The Kier molecular flexibility index (Phi) is 4.84. The minimum absolute atomic E-state index is 0.108. The normalized spacial score (nSPS) is 25.4. The van der Waals surface area contributed by atoms with Crippen LogP contribution in [0.1, 0.15) is 57.8 Å². The van der Waals surface area contributed by atoms with Crippen LogP contribution >= 0.6 is 0 Å². The van der Waals surface area contributed by atoms with Gasteiger partial charge >= 0.3 is 0 Å². The standard InChI is InChI=1S/C14H25N2O/c15-13(12-8-4-1-2-5-9-12)14(17)16-10-6-3-7-11-16/h12-13,15H,1-11H2. The maximum Gasteiger partial charge on any atom is 0.241 e. The number of carbonyl (C=O) groups is 1. The van der Waals surface area contributed by atoms with Crippen LogP contribution in [0, 0.1) is 5.92 Å². The van der Waals surface area contributed by atoms with Crippen molar-refractivity contribution < 1.29 is 4.79 Å². The van der Waals surface area contributed by atoms with Gasteiger partial charge in [0.15, 0.2) is 0 Å². The van der Waals surface area contributed by atoms with E-state index >= 15 is 0 Å². The molecular weight excluding hydrogens is 212 g/mol. The fourth-order valence-corrected chi connectivity index (χ4v) is 3.16. The minimum Gasteiger partial charge on any atom is -0.341 e. The fraction of sp³-hybridized carbons (Fsp3) is 0.929. The third-order valence-electron chi connectivity index (χ3n) is 4.31. The average Bonchev–Trinajstić information content (AvgIpc) is 2.67. The van der Waals surface area contributed by atoms with Gasteiger partial charge in [0.1, 0.15) is 6.04 Å². The summed E-state index contributed by atoms with van der Waals surface area (Å²) in [6.07, 6.45) is 10.7. The van der Waals surface area contributed by atoms with E-state index in [1.807, 2.05) is 4.90 Å². The maximum atomic E-state index is 12.2. The number of amides is 1. The molecule has 1 aliphatic carbocycles. The molecule has 97 valence electrons. The molecule has 1 N–H and O–H groups in total. The molecule has 0 bridgehead atoms. The number of nitrogens with zero attached hydrogens (tertiary/aromatic N) is 1. The topological polar surface area (TPSA) is 44.1 Å². The molecule has 0 aromatic heterocycles. The SMILES string of the molecule is [NH]C(C(=O)N1CCCCC1)C1CCCCCC1. The predicted octanol–water partition coefficient (Wildman–Crippen LogP) is 2.62. The van der Waals surface area contributed by atoms with E-state index in [-0.39, 0.29) is 5.91 Å². The van der Waals surface area contributed by atoms with E-state index in [4.69, 9.17) is 5.73 Å². The van der Waals surface area contributed by atoms with Crippen molar-refractivity contribution in [2.75, 3.05) is 13.1 Å². The molecule has 0 aromatic carbocycles. The number of hydrogen-bond donors (Lipinski definition) is 0. The van der Waals surface area contributed by atoms with Crippen molar-refractivity contribution in [2.45, 2.75) is 63.8 Å². The molecule has 1 atom stereocenters. The lowest BCUT2D eigenvalue weighted by molar-refractivity contribution is -0.135. The first-order chi connectivity index (χ1) is 8.29. The van der Waals surface area contributed by atoms with Crippen molar-refractivity contribution in [2.24, 2.45) is 5.92 Å². The summed E-state index contributed by atoms with van der Waals surface area (Å²) in [5.74, 6) is 0.434. The van der Waals surface area contributed by atoms with E-state index in [2.05, 4.69) is 0 Å². The van der Waals surface area contributed by atoms with E-state index in [9.17, 15) is 4.79 Å².